The molecule has 0 fully saturated rings. The van der Waals surface area contributed by atoms with Crippen LogP contribution in [0.1, 0.15) is 60.3 Å². The van der Waals surface area contributed by atoms with Crippen molar-refractivity contribution in [3.63, 3.8) is 0 Å². The second kappa shape index (κ2) is 10.3. The predicted octanol–water partition coefficient (Wildman–Crippen LogP) is 5.60. The predicted molar refractivity (Wildman–Crippen MR) is 109 cm³/mol. The first kappa shape index (κ1) is 22.2. The summed E-state index contributed by atoms with van der Waals surface area (Å²) in [7, 11) is 0. The van der Waals surface area contributed by atoms with Gasteiger partial charge in [-0.2, -0.15) is 0 Å². The molecule has 144 valence electrons. The highest BCUT2D eigenvalue weighted by Crippen LogP contribution is 2.47. The fourth-order valence-corrected chi connectivity index (χ4v) is 3.72. The summed E-state index contributed by atoms with van der Waals surface area (Å²) < 4.78 is 0. The van der Waals surface area contributed by atoms with Crippen LogP contribution in [0.25, 0.3) is 0 Å². The van der Waals surface area contributed by atoms with Crippen LogP contribution < -0.4 is 0 Å². The van der Waals surface area contributed by atoms with Gasteiger partial charge in [0.15, 0.2) is 0 Å². The smallest absolute Gasteiger partial charge is 0.328 e. The van der Waals surface area contributed by atoms with Crippen molar-refractivity contribution in [3.05, 3.63) is 58.7 Å². The van der Waals surface area contributed by atoms with Gasteiger partial charge in [-0.1, -0.05) is 55.4 Å². The number of allylic oxidation sites excluding steroid dienone is 9. The van der Waals surface area contributed by atoms with Gasteiger partial charge < -0.3 is 10.2 Å². The van der Waals surface area contributed by atoms with E-state index in [0.29, 0.717) is 11.5 Å². The Balaban J connectivity index is 2.88. The summed E-state index contributed by atoms with van der Waals surface area (Å²) in [5.74, 6) is -0.323. The first-order valence-electron chi connectivity index (χ1n) is 9.43. The minimum Gasteiger partial charge on any atom is -0.478 e. The monoisotopic (exact) mass is 358 g/mol. The van der Waals surface area contributed by atoms with E-state index < -0.39 is 5.97 Å². The van der Waals surface area contributed by atoms with Crippen molar-refractivity contribution < 1.29 is 15.0 Å². The van der Waals surface area contributed by atoms with Crippen molar-refractivity contribution in [3.8, 4) is 0 Å². The molecule has 1 unspecified atom stereocenters. The molecule has 0 aromatic rings. The zero-order valence-electron chi connectivity index (χ0n) is 16.9. The molecule has 0 spiro atoms. The van der Waals surface area contributed by atoms with Gasteiger partial charge in [0, 0.05) is 12.7 Å². The van der Waals surface area contributed by atoms with Crippen molar-refractivity contribution >= 4 is 5.97 Å². The Morgan fingerprint density at radius 1 is 1.23 bits per heavy atom. The molecule has 1 aliphatic rings. The van der Waals surface area contributed by atoms with Gasteiger partial charge >= 0.3 is 5.97 Å². The molecule has 0 aromatic carbocycles. The second-order valence-corrected chi connectivity index (χ2v) is 7.85. The average Bonchev–Trinajstić information content (AvgIpc) is 2.52. The summed E-state index contributed by atoms with van der Waals surface area (Å²) in [6.45, 7) is 10.9. The third-order valence-corrected chi connectivity index (χ3v) is 5.34. The van der Waals surface area contributed by atoms with E-state index in [0.717, 1.165) is 24.8 Å². The Kier molecular flexibility index (Phi) is 8.80. The summed E-state index contributed by atoms with van der Waals surface area (Å²) in [6.07, 6.45) is 15.5. The van der Waals surface area contributed by atoms with Gasteiger partial charge in [0.1, 0.15) is 0 Å². The lowest BCUT2D eigenvalue weighted by molar-refractivity contribution is -0.131. The molecular formula is C23H34O3. The summed E-state index contributed by atoms with van der Waals surface area (Å²) in [4.78, 5) is 10.6. The van der Waals surface area contributed by atoms with Crippen molar-refractivity contribution in [1.82, 2.24) is 0 Å². The van der Waals surface area contributed by atoms with Crippen LogP contribution in [0.5, 0.6) is 0 Å². The van der Waals surface area contributed by atoms with Crippen LogP contribution in [0, 0.1) is 11.3 Å². The number of carboxylic acid groups (broad SMARTS) is 1. The maximum absolute atomic E-state index is 10.6. The number of hydrogen-bond donors (Lipinski definition) is 2. The Hall–Kier alpha value is -1.87. The molecule has 0 saturated carbocycles. The maximum atomic E-state index is 10.6. The lowest BCUT2D eigenvalue weighted by Gasteiger charge is -2.41. The van der Waals surface area contributed by atoms with Crippen molar-refractivity contribution in [2.45, 2.75) is 60.3 Å². The van der Waals surface area contributed by atoms with Gasteiger partial charge in [-0.15, -0.1) is 0 Å². The molecule has 1 rings (SSSR count). The average molecular weight is 359 g/mol. The van der Waals surface area contributed by atoms with E-state index >= 15 is 0 Å². The number of carboxylic acids is 1. The SMILES string of the molecule is CC(C=CC1=C(C)CCC(CCCO)C1(C)C)=CC=CC(C)=CC(=O)O. The third-order valence-electron chi connectivity index (χ3n) is 5.34. The Morgan fingerprint density at radius 3 is 2.54 bits per heavy atom. The Labute approximate surface area is 158 Å². The van der Waals surface area contributed by atoms with E-state index in [4.69, 9.17) is 10.2 Å². The molecule has 0 radical (unpaired) electrons. The van der Waals surface area contributed by atoms with Crippen LogP contribution >= 0.6 is 0 Å². The van der Waals surface area contributed by atoms with Gasteiger partial charge in [-0.25, -0.2) is 4.79 Å². The lowest BCUT2D eigenvalue weighted by atomic mass is 9.64. The highest BCUT2D eigenvalue weighted by molar-refractivity contribution is 5.81. The highest BCUT2D eigenvalue weighted by atomic mass is 16.4. The fourth-order valence-electron chi connectivity index (χ4n) is 3.72. The van der Waals surface area contributed by atoms with Crippen LogP contribution in [0.15, 0.2) is 58.7 Å². The highest BCUT2D eigenvalue weighted by Gasteiger charge is 2.35. The van der Waals surface area contributed by atoms with Crippen LogP contribution in [0.4, 0.5) is 0 Å². The molecule has 0 saturated heterocycles. The molecule has 3 heteroatoms. The lowest BCUT2D eigenvalue weighted by Crippen LogP contribution is -2.30. The standard InChI is InChI=1S/C23H34O3/c1-17(8-6-9-18(2)16-22(25)26)11-14-21-19(3)12-13-20(10-7-15-24)23(21,4)5/h6,8-9,11,14,16,20,24H,7,10,12-13,15H2,1-5H3,(H,25,26). The Morgan fingerprint density at radius 2 is 1.92 bits per heavy atom. The van der Waals surface area contributed by atoms with E-state index in [1.165, 1.54) is 23.6 Å². The maximum Gasteiger partial charge on any atom is 0.328 e. The third kappa shape index (κ3) is 6.80. The van der Waals surface area contributed by atoms with Crippen LogP contribution in [0.3, 0.4) is 0 Å². The second-order valence-electron chi connectivity index (χ2n) is 7.85. The molecular weight excluding hydrogens is 324 g/mol. The molecule has 1 aliphatic carbocycles. The number of carbonyl (C=O) groups is 1. The van der Waals surface area contributed by atoms with Gasteiger partial charge in [-0.3, -0.25) is 0 Å². The number of aliphatic hydroxyl groups excluding tert-OH is 1. The van der Waals surface area contributed by atoms with E-state index in [2.05, 4.69) is 32.9 Å². The topological polar surface area (TPSA) is 57.5 Å². The van der Waals surface area contributed by atoms with Gasteiger partial charge in [0.2, 0.25) is 0 Å². The molecule has 1 atom stereocenters. The molecule has 3 nitrogen and oxygen atoms in total. The number of aliphatic carboxylic acids is 1. The zero-order chi connectivity index (χ0) is 19.7. The molecule has 0 bridgehead atoms. The fraction of sp³-hybridized carbons (Fsp3) is 0.522. The largest absolute Gasteiger partial charge is 0.478 e. The number of hydrogen-bond acceptors (Lipinski definition) is 2. The van der Waals surface area contributed by atoms with Crippen molar-refractivity contribution in [2.24, 2.45) is 11.3 Å². The summed E-state index contributed by atoms with van der Waals surface area (Å²) >= 11 is 0. The summed E-state index contributed by atoms with van der Waals surface area (Å²) in [6, 6.07) is 0. The summed E-state index contributed by atoms with van der Waals surface area (Å²) in [5, 5.41) is 17.9. The van der Waals surface area contributed by atoms with Crippen molar-refractivity contribution in [2.75, 3.05) is 6.61 Å². The first-order chi connectivity index (χ1) is 12.2. The van der Waals surface area contributed by atoms with E-state index in [1.54, 1.807) is 13.0 Å². The molecule has 26 heavy (non-hydrogen) atoms. The van der Waals surface area contributed by atoms with Gasteiger partial charge in [-0.05, 0) is 68.9 Å². The quantitative estimate of drug-likeness (QED) is 0.438. The van der Waals surface area contributed by atoms with Crippen LogP contribution in [-0.2, 0) is 4.79 Å². The summed E-state index contributed by atoms with van der Waals surface area (Å²) in [5.41, 5.74) is 4.81. The molecule has 2 N–H and O–H groups in total. The van der Waals surface area contributed by atoms with E-state index in [9.17, 15) is 4.79 Å². The van der Waals surface area contributed by atoms with E-state index in [-0.39, 0.29) is 12.0 Å². The number of rotatable bonds is 8. The number of aliphatic hydroxyl groups is 1. The molecule has 0 heterocycles. The Bertz CT molecular complexity index is 642. The first-order valence-corrected chi connectivity index (χ1v) is 9.43. The van der Waals surface area contributed by atoms with Crippen LogP contribution in [0.2, 0.25) is 0 Å². The minimum atomic E-state index is -0.926. The molecule has 0 aromatic heterocycles. The van der Waals surface area contributed by atoms with E-state index in [1.807, 2.05) is 19.1 Å². The van der Waals surface area contributed by atoms with Gasteiger partial charge in [0.25, 0.3) is 0 Å². The van der Waals surface area contributed by atoms with Crippen molar-refractivity contribution in [1.29, 1.82) is 0 Å². The zero-order valence-corrected chi connectivity index (χ0v) is 16.9. The minimum absolute atomic E-state index is 0.116. The van der Waals surface area contributed by atoms with Gasteiger partial charge in [0.05, 0.1) is 0 Å². The molecule has 0 aliphatic heterocycles. The normalized spacial score (nSPS) is 21.8. The van der Waals surface area contributed by atoms with Crippen LogP contribution in [-0.4, -0.2) is 22.8 Å². The molecule has 0 amide bonds.